The molecule has 0 aromatic rings. The zero-order chi connectivity index (χ0) is 9.31. The Balaban J connectivity index is 1.78. The third-order valence-corrected chi connectivity index (χ3v) is 4.52. The van der Waals surface area contributed by atoms with Gasteiger partial charge < -0.3 is 0 Å². The number of hydrogen-bond acceptors (Lipinski definition) is 0. The molecule has 1 spiro atoms. The van der Waals surface area contributed by atoms with Crippen LogP contribution in [0.25, 0.3) is 0 Å². The van der Waals surface area contributed by atoms with Crippen LogP contribution < -0.4 is 0 Å². The molecule has 2 fully saturated rings. The summed E-state index contributed by atoms with van der Waals surface area (Å²) in [5.74, 6) is 2.20. The van der Waals surface area contributed by atoms with Crippen molar-refractivity contribution in [3.05, 3.63) is 0 Å². The molecular formula is C13H24. The Hall–Kier alpha value is 0. The molecule has 0 heterocycles. The van der Waals surface area contributed by atoms with Gasteiger partial charge in [-0.05, 0) is 49.4 Å². The molecule has 1 atom stereocenters. The predicted octanol–water partition coefficient (Wildman–Crippen LogP) is 4.39. The van der Waals surface area contributed by atoms with Gasteiger partial charge in [0.05, 0.1) is 0 Å². The Bertz CT molecular complexity index is 165. The van der Waals surface area contributed by atoms with Gasteiger partial charge in [0.25, 0.3) is 0 Å². The fourth-order valence-corrected chi connectivity index (χ4v) is 3.82. The van der Waals surface area contributed by atoms with Crippen LogP contribution in [0.5, 0.6) is 0 Å². The Kier molecular flexibility index (Phi) is 2.67. The lowest BCUT2D eigenvalue weighted by Gasteiger charge is -2.46. The van der Waals surface area contributed by atoms with Gasteiger partial charge in [-0.15, -0.1) is 0 Å². The highest BCUT2D eigenvalue weighted by Crippen LogP contribution is 2.59. The molecule has 0 nitrogen and oxygen atoms in total. The maximum absolute atomic E-state index is 2.37. The van der Waals surface area contributed by atoms with Gasteiger partial charge in [0, 0.05) is 0 Å². The molecule has 0 aromatic carbocycles. The minimum atomic E-state index is 0.862. The zero-order valence-electron chi connectivity index (χ0n) is 9.31. The summed E-state index contributed by atoms with van der Waals surface area (Å²) in [6.07, 6.45) is 12.2. The normalized spacial score (nSPS) is 43.8. The highest BCUT2D eigenvalue weighted by molar-refractivity contribution is 4.98. The summed E-state index contributed by atoms with van der Waals surface area (Å²) >= 11 is 0. The van der Waals surface area contributed by atoms with Crippen LogP contribution in [0.15, 0.2) is 0 Å². The van der Waals surface area contributed by atoms with E-state index in [1.165, 1.54) is 25.7 Å². The molecule has 76 valence electrons. The topological polar surface area (TPSA) is 0 Å². The number of hydrogen-bond donors (Lipinski definition) is 0. The summed E-state index contributed by atoms with van der Waals surface area (Å²) < 4.78 is 0. The van der Waals surface area contributed by atoms with Crippen molar-refractivity contribution in [1.82, 2.24) is 0 Å². The molecule has 2 aliphatic rings. The Labute approximate surface area is 83.1 Å². The van der Waals surface area contributed by atoms with Gasteiger partial charge >= 0.3 is 0 Å². The third kappa shape index (κ3) is 1.78. The fourth-order valence-electron chi connectivity index (χ4n) is 3.82. The Morgan fingerprint density at radius 1 is 1.08 bits per heavy atom. The summed E-state index contributed by atoms with van der Waals surface area (Å²) in [5.41, 5.74) is 0.862. The summed E-state index contributed by atoms with van der Waals surface area (Å²) in [4.78, 5) is 0. The molecular weight excluding hydrogens is 156 g/mol. The van der Waals surface area contributed by atoms with Gasteiger partial charge in [0.1, 0.15) is 0 Å². The van der Waals surface area contributed by atoms with Crippen molar-refractivity contribution in [2.45, 2.75) is 65.2 Å². The average molecular weight is 180 g/mol. The minimum absolute atomic E-state index is 0.862. The second-order valence-electron chi connectivity index (χ2n) is 5.58. The third-order valence-electron chi connectivity index (χ3n) is 4.52. The second-order valence-corrected chi connectivity index (χ2v) is 5.58. The quantitative estimate of drug-likeness (QED) is 0.604. The molecule has 0 amide bonds. The lowest BCUT2D eigenvalue weighted by Crippen LogP contribution is -2.34. The van der Waals surface area contributed by atoms with Crippen molar-refractivity contribution in [3.8, 4) is 0 Å². The van der Waals surface area contributed by atoms with Gasteiger partial charge in [0.15, 0.2) is 0 Å². The first-order valence-electron chi connectivity index (χ1n) is 6.28. The van der Waals surface area contributed by atoms with Crippen molar-refractivity contribution in [2.75, 3.05) is 0 Å². The van der Waals surface area contributed by atoms with E-state index in [1.807, 2.05) is 0 Å². The van der Waals surface area contributed by atoms with E-state index in [9.17, 15) is 0 Å². The maximum Gasteiger partial charge on any atom is -0.0289 e. The molecule has 0 aliphatic heterocycles. The van der Waals surface area contributed by atoms with Gasteiger partial charge in [-0.25, -0.2) is 0 Å². The van der Waals surface area contributed by atoms with Crippen molar-refractivity contribution in [3.63, 3.8) is 0 Å². The van der Waals surface area contributed by atoms with E-state index in [0.29, 0.717) is 0 Å². The summed E-state index contributed by atoms with van der Waals surface area (Å²) in [6.45, 7) is 4.69. The van der Waals surface area contributed by atoms with E-state index in [1.54, 1.807) is 25.7 Å². The molecule has 0 saturated heterocycles. The van der Waals surface area contributed by atoms with Crippen molar-refractivity contribution < 1.29 is 0 Å². The molecule has 2 saturated carbocycles. The van der Waals surface area contributed by atoms with Crippen LogP contribution in [-0.4, -0.2) is 0 Å². The lowest BCUT2D eigenvalue weighted by atomic mass is 9.59. The van der Waals surface area contributed by atoms with Crippen LogP contribution >= 0.6 is 0 Å². The van der Waals surface area contributed by atoms with E-state index in [-0.39, 0.29) is 0 Å². The molecule has 0 aromatic heterocycles. The minimum Gasteiger partial charge on any atom is -0.0654 e. The first-order chi connectivity index (χ1) is 6.28. The summed E-state index contributed by atoms with van der Waals surface area (Å²) in [7, 11) is 0. The van der Waals surface area contributed by atoms with Crippen LogP contribution in [0.2, 0.25) is 0 Å². The second kappa shape index (κ2) is 3.63. The highest BCUT2D eigenvalue weighted by Gasteiger charge is 2.47. The van der Waals surface area contributed by atoms with Gasteiger partial charge in [0.2, 0.25) is 0 Å². The van der Waals surface area contributed by atoms with Gasteiger partial charge in [-0.3, -0.25) is 0 Å². The van der Waals surface area contributed by atoms with Gasteiger partial charge in [-0.1, -0.05) is 33.1 Å². The van der Waals surface area contributed by atoms with Crippen molar-refractivity contribution >= 4 is 0 Å². The SMILES string of the molecule is CCCC1CC2(CCC(CC)C2)C1. The predicted molar refractivity (Wildman–Crippen MR) is 57.7 cm³/mol. The molecule has 0 heteroatoms. The smallest absolute Gasteiger partial charge is 0.0289 e. The van der Waals surface area contributed by atoms with Crippen LogP contribution in [-0.2, 0) is 0 Å². The first-order valence-corrected chi connectivity index (χ1v) is 6.28. The van der Waals surface area contributed by atoms with E-state index in [2.05, 4.69) is 13.8 Å². The summed E-state index contributed by atoms with van der Waals surface area (Å²) in [5, 5.41) is 0. The van der Waals surface area contributed by atoms with E-state index in [0.717, 1.165) is 17.3 Å². The Morgan fingerprint density at radius 2 is 1.77 bits per heavy atom. The van der Waals surface area contributed by atoms with Crippen molar-refractivity contribution in [1.29, 1.82) is 0 Å². The van der Waals surface area contributed by atoms with E-state index >= 15 is 0 Å². The molecule has 2 aliphatic carbocycles. The first kappa shape index (κ1) is 9.55. The van der Waals surface area contributed by atoms with Crippen molar-refractivity contribution in [2.24, 2.45) is 17.3 Å². The van der Waals surface area contributed by atoms with Gasteiger partial charge in [-0.2, -0.15) is 0 Å². The van der Waals surface area contributed by atoms with Crippen LogP contribution in [0.4, 0.5) is 0 Å². The van der Waals surface area contributed by atoms with E-state index in [4.69, 9.17) is 0 Å². The molecule has 0 N–H and O–H groups in total. The zero-order valence-corrected chi connectivity index (χ0v) is 9.31. The molecule has 13 heavy (non-hydrogen) atoms. The van der Waals surface area contributed by atoms with Crippen LogP contribution in [0.1, 0.15) is 65.2 Å². The lowest BCUT2D eigenvalue weighted by molar-refractivity contribution is 0.0514. The largest absolute Gasteiger partial charge is 0.0654 e. The standard InChI is InChI=1S/C13H24/c1-3-5-12-9-13(10-12)7-6-11(4-2)8-13/h11-12H,3-10H2,1-2H3. The van der Waals surface area contributed by atoms with E-state index < -0.39 is 0 Å². The van der Waals surface area contributed by atoms with Crippen LogP contribution in [0.3, 0.4) is 0 Å². The Morgan fingerprint density at radius 3 is 2.31 bits per heavy atom. The number of rotatable bonds is 3. The highest BCUT2D eigenvalue weighted by atomic mass is 14.5. The monoisotopic (exact) mass is 180 g/mol. The van der Waals surface area contributed by atoms with Crippen LogP contribution in [0, 0.1) is 17.3 Å². The maximum atomic E-state index is 2.37. The molecule has 2 rings (SSSR count). The molecule has 0 bridgehead atoms. The summed E-state index contributed by atoms with van der Waals surface area (Å²) in [6, 6.07) is 0. The molecule has 1 unspecified atom stereocenters. The molecule has 0 radical (unpaired) electrons. The average Bonchev–Trinajstić information content (AvgIpc) is 2.48. The fraction of sp³-hybridized carbons (Fsp3) is 1.00.